The average Bonchev–Trinajstić information content (AvgIpc) is 2.77. The molecule has 160 valence electrons. The SMILES string of the molecule is COc1cccc(NC(=O)N(CCN2CCOCC2)Cc2ccccc2[N+](=O)[O-])c1. The predicted molar refractivity (Wildman–Crippen MR) is 113 cm³/mol. The van der Waals surface area contributed by atoms with E-state index in [9.17, 15) is 14.9 Å². The summed E-state index contributed by atoms with van der Waals surface area (Å²) in [5, 5.41) is 14.3. The molecule has 0 unspecified atom stereocenters. The van der Waals surface area contributed by atoms with Crippen LogP contribution in [-0.2, 0) is 11.3 Å². The summed E-state index contributed by atoms with van der Waals surface area (Å²) >= 11 is 0. The van der Waals surface area contributed by atoms with Crippen molar-refractivity contribution in [2.75, 3.05) is 51.8 Å². The first kappa shape index (κ1) is 21.5. The molecule has 0 bridgehead atoms. The molecule has 0 aromatic heterocycles. The fourth-order valence-electron chi connectivity index (χ4n) is 3.27. The number of nitro groups is 1. The average molecular weight is 414 g/mol. The van der Waals surface area contributed by atoms with Crippen molar-refractivity contribution >= 4 is 17.4 Å². The Balaban J connectivity index is 1.75. The molecule has 30 heavy (non-hydrogen) atoms. The van der Waals surface area contributed by atoms with Gasteiger partial charge in [-0.25, -0.2) is 4.79 Å². The van der Waals surface area contributed by atoms with Crippen LogP contribution in [0.5, 0.6) is 5.75 Å². The molecule has 0 aliphatic carbocycles. The van der Waals surface area contributed by atoms with Crippen LogP contribution < -0.4 is 10.1 Å². The fraction of sp³-hybridized carbons (Fsp3) is 0.381. The number of methoxy groups -OCH3 is 1. The molecule has 9 heteroatoms. The van der Waals surface area contributed by atoms with Gasteiger partial charge in [-0.05, 0) is 12.1 Å². The Kier molecular flexibility index (Phi) is 7.58. The van der Waals surface area contributed by atoms with Gasteiger partial charge in [0.15, 0.2) is 0 Å². The van der Waals surface area contributed by atoms with E-state index in [4.69, 9.17) is 9.47 Å². The molecule has 0 atom stereocenters. The second kappa shape index (κ2) is 10.6. The van der Waals surface area contributed by atoms with Crippen LogP contribution in [-0.4, -0.2) is 67.3 Å². The van der Waals surface area contributed by atoms with E-state index in [2.05, 4.69) is 10.2 Å². The summed E-state index contributed by atoms with van der Waals surface area (Å²) in [6, 6.07) is 13.2. The maximum atomic E-state index is 13.0. The van der Waals surface area contributed by atoms with Crippen molar-refractivity contribution in [1.29, 1.82) is 0 Å². The predicted octanol–water partition coefficient (Wildman–Crippen LogP) is 2.97. The third kappa shape index (κ3) is 5.91. The first-order chi connectivity index (χ1) is 14.6. The second-order valence-corrected chi connectivity index (χ2v) is 6.92. The summed E-state index contributed by atoms with van der Waals surface area (Å²) in [6.45, 7) is 4.17. The third-order valence-corrected chi connectivity index (χ3v) is 4.95. The lowest BCUT2D eigenvalue weighted by molar-refractivity contribution is -0.385. The molecular formula is C21H26N4O5. The normalized spacial score (nSPS) is 14.2. The summed E-state index contributed by atoms with van der Waals surface area (Å²) in [7, 11) is 1.56. The van der Waals surface area contributed by atoms with Gasteiger partial charge in [-0.3, -0.25) is 15.0 Å². The van der Waals surface area contributed by atoms with Gasteiger partial charge < -0.3 is 19.7 Å². The number of rotatable bonds is 8. The van der Waals surface area contributed by atoms with Crippen LogP contribution in [0.2, 0.25) is 0 Å². The van der Waals surface area contributed by atoms with Crippen LogP contribution in [0.15, 0.2) is 48.5 Å². The molecule has 9 nitrogen and oxygen atoms in total. The number of hydrogen-bond acceptors (Lipinski definition) is 6. The van der Waals surface area contributed by atoms with Gasteiger partial charge in [0.25, 0.3) is 5.69 Å². The van der Waals surface area contributed by atoms with Gasteiger partial charge in [0, 0.05) is 49.6 Å². The van der Waals surface area contributed by atoms with Crippen LogP contribution in [0.4, 0.5) is 16.2 Å². The van der Waals surface area contributed by atoms with E-state index in [1.54, 1.807) is 54.5 Å². The van der Waals surface area contributed by atoms with Gasteiger partial charge in [0.05, 0.1) is 31.8 Å². The quantitative estimate of drug-likeness (QED) is 0.527. The zero-order valence-corrected chi connectivity index (χ0v) is 17.0. The van der Waals surface area contributed by atoms with Crippen LogP contribution in [0.3, 0.4) is 0 Å². The molecular weight excluding hydrogens is 388 g/mol. The maximum absolute atomic E-state index is 13.0. The minimum atomic E-state index is -0.421. The lowest BCUT2D eigenvalue weighted by Gasteiger charge is -2.30. The van der Waals surface area contributed by atoms with Crippen molar-refractivity contribution < 1.29 is 19.2 Å². The smallest absolute Gasteiger partial charge is 0.322 e. The molecule has 0 saturated carbocycles. The maximum Gasteiger partial charge on any atom is 0.322 e. The second-order valence-electron chi connectivity index (χ2n) is 6.92. The monoisotopic (exact) mass is 414 g/mol. The highest BCUT2D eigenvalue weighted by molar-refractivity contribution is 5.89. The van der Waals surface area contributed by atoms with Crippen LogP contribution in [0.1, 0.15) is 5.56 Å². The molecule has 1 fully saturated rings. The lowest BCUT2D eigenvalue weighted by Crippen LogP contribution is -2.44. The van der Waals surface area contributed by atoms with Crippen molar-refractivity contribution in [2.24, 2.45) is 0 Å². The molecule has 2 aromatic carbocycles. The van der Waals surface area contributed by atoms with Crippen molar-refractivity contribution in [2.45, 2.75) is 6.54 Å². The van der Waals surface area contributed by atoms with Gasteiger partial charge >= 0.3 is 6.03 Å². The van der Waals surface area contributed by atoms with E-state index >= 15 is 0 Å². The van der Waals surface area contributed by atoms with Crippen molar-refractivity contribution in [3.63, 3.8) is 0 Å². The van der Waals surface area contributed by atoms with E-state index < -0.39 is 4.92 Å². The number of ether oxygens (including phenoxy) is 2. The Morgan fingerprint density at radius 2 is 2.00 bits per heavy atom. The number of hydrogen-bond donors (Lipinski definition) is 1. The first-order valence-corrected chi connectivity index (χ1v) is 9.79. The lowest BCUT2D eigenvalue weighted by atomic mass is 10.1. The molecule has 1 aliphatic rings. The number of para-hydroxylation sites is 1. The number of urea groups is 1. The van der Waals surface area contributed by atoms with E-state index in [0.29, 0.717) is 43.3 Å². The largest absolute Gasteiger partial charge is 0.497 e. The van der Waals surface area contributed by atoms with Gasteiger partial charge in [-0.2, -0.15) is 0 Å². The Morgan fingerprint density at radius 1 is 1.23 bits per heavy atom. The Morgan fingerprint density at radius 3 is 2.73 bits per heavy atom. The summed E-state index contributed by atoms with van der Waals surface area (Å²) in [5.41, 5.74) is 1.09. The molecule has 2 amide bonds. The summed E-state index contributed by atoms with van der Waals surface area (Å²) in [6.07, 6.45) is 0. The van der Waals surface area contributed by atoms with Crippen LogP contribution in [0.25, 0.3) is 0 Å². The molecule has 1 saturated heterocycles. The molecule has 1 N–H and O–H groups in total. The number of carbonyl (C=O) groups excluding carboxylic acids is 1. The molecule has 0 spiro atoms. The zero-order chi connectivity index (χ0) is 21.3. The minimum absolute atomic E-state index is 0.00283. The third-order valence-electron chi connectivity index (χ3n) is 4.95. The topological polar surface area (TPSA) is 97.2 Å². The fourth-order valence-corrected chi connectivity index (χ4v) is 3.27. The number of amides is 2. The van der Waals surface area contributed by atoms with Gasteiger partial charge in [0.2, 0.25) is 0 Å². The first-order valence-electron chi connectivity index (χ1n) is 9.79. The molecule has 1 aliphatic heterocycles. The standard InChI is InChI=1S/C21H26N4O5/c1-29-19-7-4-6-18(15-19)22-21(26)24(10-9-23-11-13-30-14-12-23)16-17-5-2-3-8-20(17)25(27)28/h2-8,15H,9-14,16H2,1H3,(H,22,26). The molecule has 1 heterocycles. The van der Waals surface area contributed by atoms with Crippen molar-refractivity contribution in [3.05, 3.63) is 64.2 Å². The summed E-state index contributed by atoms with van der Waals surface area (Å²) in [4.78, 5) is 27.8. The highest BCUT2D eigenvalue weighted by Gasteiger charge is 2.21. The summed E-state index contributed by atoms with van der Waals surface area (Å²) in [5.74, 6) is 0.631. The molecule has 2 aromatic rings. The summed E-state index contributed by atoms with van der Waals surface area (Å²) < 4.78 is 10.6. The van der Waals surface area contributed by atoms with E-state index in [-0.39, 0.29) is 18.3 Å². The van der Waals surface area contributed by atoms with E-state index in [1.807, 2.05) is 0 Å². The number of morpholine rings is 1. The van der Waals surface area contributed by atoms with Gasteiger partial charge in [-0.1, -0.05) is 24.3 Å². The zero-order valence-electron chi connectivity index (χ0n) is 17.0. The van der Waals surface area contributed by atoms with Gasteiger partial charge in [-0.15, -0.1) is 0 Å². The number of nitrogens with zero attached hydrogens (tertiary/aromatic N) is 3. The highest BCUT2D eigenvalue weighted by atomic mass is 16.6. The minimum Gasteiger partial charge on any atom is -0.497 e. The van der Waals surface area contributed by atoms with Crippen molar-refractivity contribution in [1.82, 2.24) is 9.80 Å². The molecule has 0 radical (unpaired) electrons. The molecule has 3 rings (SSSR count). The van der Waals surface area contributed by atoms with Gasteiger partial charge in [0.1, 0.15) is 5.75 Å². The Labute approximate surface area is 175 Å². The Bertz CT molecular complexity index is 870. The number of carbonyl (C=O) groups is 1. The van der Waals surface area contributed by atoms with E-state index in [1.165, 1.54) is 6.07 Å². The van der Waals surface area contributed by atoms with E-state index in [0.717, 1.165) is 13.1 Å². The number of anilines is 1. The van der Waals surface area contributed by atoms with Crippen LogP contribution >= 0.6 is 0 Å². The number of nitro benzene ring substituents is 1. The Hall–Kier alpha value is -3.17. The van der Waals surface area contributed by atoms with Crippen LogP contribution in [0, 0.1) is 10.1 Å². The van der Waals surface area contributed by atoms with Crippen molar-refractivity contribution in [3.8, 4) is 5.75 Å². The number of benzene rings is 2. The number of nitrogens with one attached hydrogen (secondary N) is 1. The highest BCUT2D eigenvalue weighted by Crippen LogP contribution is 2.21.